The van der Waals surface area contributed by atoms with Gasteiger partial charge in [-0.15, -0.1) is 0 Å². The van der Waals surface area contributed by atoms with Gasteiger partial charge in [-0.25, -0.2) is 0 Å². The van der Waals surface area contributed by atoms with Crippen molar-refractivity contribution in [3.8, 4) is 0 Å². The molecule has 2 aromatic rings. The fourth-order valence-electron chi connectivity index (χ4n) is 1.50. The number of fused-ring (bicyclic) bond motifs is 1. The first-order valence-electron chi connectivity index (χ1n) is 4.23. The minimum absolute atomic E-state index is 0.0204. The van der Waals surface area contributed by atoms with E-state index in [-0.39, 0.29) is 6.54 Å². The van der Waals surface area contributed by atoms with Gasteiger partial charge in [-0.3, -0.25) is 4.79 Å². The third kappa shape index (κ3) is 1.51. The van der Waals surface area contributed by atoms with Crippen LogP contribution < -0.4 is 5.46 Å². The largest absolute Gasteiger partial charge is 0.480 e. The quantitative estimate of drug-likeness (QED) is 0.693. The molecule has 1 aromatic carbocycles. The fraction of sp³-hybridized carbons (Fsp3) is 0.100. The lowest BCUT2D eigenvalue weighted by molar-refractivity contribution is -0.137. The second kappa shape index (κ2) is 3.22. The molecule has 0 saturated heterocycles. The van der Waals surface area contributed by atoms with Crippen molar-refractivity contribution in [3.05, 3.63) is 30.5 Å². The summed E-state index contributed by atoms with van der Waals surface area (Å²) in [4.78, 5) is 10.5. The molecule has 1 aromatic heterocycles. The molecule has 0 bridgehead atoms. The molecule has 1 N–H and O–H groups in total. The van der Waals surface area contributed by atoms with Gasteiger partial charge in [0.15, 0.2) is 0 Å². The predicted octanol–water partition coefficient (Wildman–Crippen LogP) is 0.520. The Bertz CT molecular complexity index is 490. The van der Waals surface area contributed by atoms with E-state index in [4.69, 9.17) is 13.0 Å². The number of nitrogens with zero attached hydrogens (tertiary/aromatic N) is 1. The number of benzene rings is 1. The molecule has 0 aliphatic heterocycles. The summed E-state index contributed by atoms with van der Waals surface area (Å²) < 4.78 is 1.68. The van der Waals surface area contributed by atoms with Crippen molar-refractivity contribution in [2.24, 2.45) is 0 Å². The summed E-state index contributed by atoms with van der Waals surface area (Å²) in [5.41, 5.74) is 1.58. The highest BCUT2D eigenvalue weighted by Crippen LogP contribution is 2.13. The molecule has 0 spiro atoms. The fourth-order valence-corrected chi connectivity index (χ4v) is 1.50. The van der Waals surface area contributed by atoms with Gasteiger partial charge in [0.05, 0.1) is 0 Å². The zero-order chi connectivity index (χ0) is 10.1. The smallest absolute Gasteiger partial charge is 0.323 e. The van der Waals surface area contributed by atoms with Crippen molar-refractivity contribution >= 4 is 30.2 Å². The van der Waals surface area contributed by atoms with Gasteiger partial charge in [0, 0.05) is 11.7 Å². The maximum absolute atomic E-state index is 10.5. The Balaban J connectivity index is 2.52. The zero-order valence-electron chi connectivity index (χ0n) is 7.47. The molecule has 68 valence electrons. The van der Waals surface area contributed by atoms with Crippen LogP contribution in [0, 0.1) is 0 Å². The molecular formula is C10H8BNO2. The number of hydrogen-bond acceptors (Lipinski definition) is 1. The van der Waals surface area contributed by atoms with Crippen LogP contribution >= 0.6 is 0 Å². The SMILES string of the molecule is [B]c1ccc2c(ccn2CC(=O)O)c1. The Morgan fingerprint density at radius 3 is 2.93 bits per heavy atom. The molecule has 1 heterocycles. The van der Waals surface area contributed by atoms with E-state index in [1.165, 1.54) is 0 Å². The molecule has 0 aliphatic carbocycles. The van der Waals surface area contributed by atoms with Crippen LogP contribution in [0.25, 0.3) is 10.9 Å². The summed E-state index contributed by atoms with van der Waals surface area (Å²) in [7, 11) is 5.61. The summed E-state index contributed by atoms with van der Waals surface area (Å²) in [6.45, 7) is -0.0204. The number of aliphatic carboxylic acids is 1. The monoisotopic (exact) mass is 185 g/mol. The molecule has 2 rings (SSSR count). The summed E-state index contributed by atoms with van der Waals surface area (Å²) in [6, 6.07) is 7.27. The maximum atomic E-state index is 10.5. The van der Waals surface area contributed by atoms with Gasteiger partial charge in [0.25, 0.3) is 0 Å². The van der Waals surface area contributed by atoms with Crippen molar-refractivity contribution in [1.29, 1.82) is 0 Å². The highest BCUT2D eigenvalue weighted by Gasteiger charge is 2.03. The molecular weight excluding hydrogens is 177 g/mol. The summed E-state index contributed by atoms with van der Waals surface area (Å²) >= 11 is 0. The predicted molar refractivity (Wildman–Crippen MR) is 55.0 cm³/mol. The van der Waals surface area contributed by atoms with Gasteiger partial charge in [-0.1, -0.05) is 17.6 Å². The summed E-state index contributed by atoms with van der Waals surface area (Å²) in [5.74, 6) is -0.848. The number of carbonyl (C=O) groups is 1. The van der Waals surface area contributed by atoms with Crippen molar-refractivity contribution in [1.82, 2.24) is 4.57 Å². The number of carboxylic acids is 1. The lowest BCUT2D eigenvalue weighted by Gasteiger charge is -2.01. The Morgan fingerprint density at radius 2 is 2.21 bits per heavy atom. The second-order valence-electron chi connectivity index (χ2n) is 3.16. The minimum atomic E-state index is -0.848. The molecule has 0 aliphatic rings. The van der Waals surface area contributed by atoms with Gasteiger partial charge < -0.3 is 9.67 Å². The van der Waals surface area contributed by atoms with Crippen LogP contribution in [-0.2, 0) is 11.3 Å². The van der Waals surface area contributed by atoms with E-state index in [9.17, 15) is 4.79 Å². The first-order chi connectivity index (χ1) is 6.66. The van der Waals surface area contributed by atoms with Gasteiger partial charge in [0.1, 0.15) is 14.4 Å². The Morgan fingerprint density at radius 1 is 1.43 bits per heavy atom. The average molecular weight is 185 g/mol. The number of carboxylic acid groups (broad SMARTS) is 1. The molecule has 0 unspecified atom stereocenters. The van der Waals surface area contributed by atoms with Crippen LogP contribution in [0.2, 0.25) is 0 Å². The van der Waals surface area contributed by atoms with E-state index in [0.29, 0.717) is 5.46 Å². The molecule has 2 radical (unpaired) electrons. The lowest BCUT2D eigenvalue weighted by Crippen LogP contribution is -2.07. The molecule has 14 heavy (non-hydrogen) atoms. The van der Waals surface area contributed by atoms with E-state index in [2.05, 4.69) is 0 Å². The van der Waals surface area contributed by atoms with Gasteiger partial charge in [0.2, 0.25) is 0 Å². The second-order valence-corrected chi connectivity index (χ2v) is 3.16. The van der Waals surface area contributed by atoms with E-state index >= 15 is 0 Å². The number of aromatic nitrogens is 1. The van der Waals surface area contributed by atoms with E-state index in [0.717, 1.165) is 10.9 Å². The van der Waals surface area contributed by atoms with Crippen LogP contribution in [0.5, 0.6) is 0 Å². The molecule has 0 saturated carbocycles. The van der Waals surface area contributed by atoms with Crippen LogP contribution in [0.3, 0.4) is 0 Å². The first kappa shape index (κ1) is 8.87. The van der Waals surface area contributed by atoms with Crippen LogP contribution in [0.15, 0.2) is 30.5 Å². The van der Waals surface area contributed by atoms with Crippen molar-refractivity contribution in [3.63, 3.8) is 0 Å². The molecule has 3 nitrogen and oxygen atoms in total. The zero-order valence-corrected chi connectivity index (χ0v) is 7.47. The topological polar surface area (TPSA) is 42.2 Å². The van der Waals surface area contributed by atoms with Crippen LogP contribution in [0.4, 0.5) is 0 Å². The Kier molecular flexibility index (Phi) is 2.04. The third-order valence-electron chi connectivity index (χ3n) is 2.10. The highest BCUT2D eigenvalue weighted by molar-refractivity contribution is 6.33. The minimum Gasteiger partial charge on any atom is -0.480 e. The van der Waals surface area contributed by atoms with Gasteiger partial charge in [-0.05, 0) is 17.5 Å². The van der Waals surface area contributed by atoms with Crippen molar-refractivity contribution in [2.75, 3.05) is 0 Å². The first-order valence-corrected chi connectivity index (χ1v) is 4.23. The number of rotatable bonds is 2. The van der Waals surface area contributed by atoms with Crippen LogP contribution in [0.1, 0.15) is 0 Å². The summed E-state index contributed by atoms with van der Waals surface area (Å²) in [5, 5.41) is 9.62. The van der Waals surface area contributed by atoms with Gasteiger partial charge >= 0.3 is 5.97 Å². The van der Waals surface area contributed by atoms with E-state index < -0.39 is 5.97 Å². The molecule has 0 amide bonds. The Hall–Kier alpha value is -1.71. The average Bonchev–Trinajstić information content (AvgIpc) is 2.47. The third-order valence-corrected chi connectivity index (χ3v) is 2.10. The maximum Gasteiger partial charge on any atom is 0.323 e. The standard InChI is InChI=1S/C10H8BNO2/c11-8-1-2-9-7(5-8)3-4-12(9)6-10(13)14/h1-5H,6H2,(H,13,14). The molecule has 0 fully saturated rings. The lowest BCUT2D eigenvalue weighted by atomic mass is 9.95. The van der Waals surface area contributed by atoms with Crippen LogP contribution in [-0.4, -0.2) is 23.5 Å². The highest BCUT2D eigenvalue weighted by atomic mass is 16.4. The summed E-state index contributed by atoms with van der Waals surface area (Å²) in [6.07, 6.45) is 1.75. The molecule has 4 heteroatoms. The van der Waals surface area contributed by atoms with E-state index in [1.54, 1.807) is 16.8 Å². The van der Waals surface area contributed by atoms with Crippen molar-refractivity contribution < 1.29 is 9.90 Å². The van der Waals surface area contributed by atoms with Gasteiger partial charge in [-0.2, -0.15) is 0 Å². The number of hydrogen-bond donors (Lipinski definition) is 1. The van der Waals surface area contributed by atoms with E-state index in [1.807, 2.05) is 18.2 Å². The Labute approximate surface area is 82.4 Å². The van der Waals surface area contributed by atoms with Crippen molar-refractivity contribution in [2.45, 2.75) is 6.54 Å². The normalized spacial score (nSPS) is 10.6. The molecule has 0 atom stereocenters.